The molecule has 1 aliphatic rings. The van der Waals surface area contributed by atoms with Crippen LogP contribution < -0.4 is 10.6 Å². The lowest BCUT2D eigenvalue weighted by atomic mass is 10.1. The third-order valence-corrected chi connectivity index (χ3v) is 4.67. The fourth-order valence-corrected chi connectivity index (χ4v) is 3.53. The first-order valence-corrected chi connectivity index (χ1v) is 9.56. The molecule has 0 unspecified atom stereocenters. The smallest absolute Gasteiger partial charge is 0.227 e. The van der Waals surface area contributed by atoms with E-state index >= 15 is 0 Å². The summed E-state index contributed by atoms with van der Waals surface area (Å²) in [4.78, 5) is 8.89. The molecule has 3 rings (SSSR count). The number of fused-ring (bicyclic) bond motifs is 1. The van der Waals surface area contributed by atoms with Crippen molar-refractivity contribution >= 4 is 21.5 Å². The third kappa shape index (κ3) is 4.05. The number of sulfone groups is 1. The molecule has 2 aromatic rings. The number of hydrogen-bond acceptors (Lipinski definition) is 6. The van der Waals surface area contributed by atoms with E-state index in [-0.39, 0.29) is 5.75 Å². The Balaban J connectivity index is 1.79. The average Bonchev–Trinajstić information content (AvgIpc) is 2.49. The van der Waals surface area contributed by atoms with Crippen LogP contribution in [0.2, 0.25) is 0 Å². The van der Waals surface area contributed by atoms with Gasteiger partial charge >= 0.3 is 0 Å². The van der Waals surface area contributed by atoms with E-state index in [9.17, 15) is 8.42 Å². The molecule has 1 aromatic carbocycles. The van der Waals surface area contributed by atoms with E-state index in [1.54, 1.807) is 0 Å². The van der Waals surface area contributed by atoms with Gasteiger partial charge in [-0.05, 0) is 48.7 Å². The zero-order chi connectivity index (χ0) is 16.4. The molecule has 1 aliphatic heterocycles. The number of hydrogen-bond donors (Lipinski definition) is 2. The van der Waals surface area contributed by atoms with Crippen molar-refractivity contribution in [3.8, 4) is 0 Å². The second-order valence-electron chi connectivity index (χ2n) is 5.93. The first kappa shape index (κ1) is 15.9. The van der Waals surface area contributed by atoms with Crippen molar-refractivity contribution in [1.82, 2.24) is 15.3 Å². The summed E-state index contributed by atoms with van der Waals surface area (Å²) in [5, 5.41) is 6.48. The predicted molar refractivity (Wildman–Crippen MR) is 90.5 cm³/mol. The standard InChI is InChI=1S/C16H20N4O2S/c1-11-7-14(4-3-13(11)10-23(2,21)22)19-16-18-8-12-5-6-17-9-15(12)20-16/h3-4,7-8,17H,5-6,9-10H2,1-2H3,(H,18,19,20). The summed E-state index contributed by atoms with van der Waals surface area (Å²) in [7, 11) is -3.03. The van der Waals surface area contributed by atoms with Crippen molar-refractivity contribution in [2.45, 2.75) is 25.6 Å². The molecule has 7 heteroatoms. The third-order valence-electron chi connectivity index (χ3n) is 3.83. The van der Waals surface area contributed by atoms with Gasteiger partial charge in [0.1, 0.15) is 0 Å². The molecule has 0 aliphatic carbocycles. The summed E-state index contributed by atoms with van der Waals surface area (Å²) in [5.41, 5.74) is 4.81. The lowest BCUT2D eigenvalue weighted by molar-refractivity contribution is 0.601. The number of aromatic nitrogens is 2. The Kier molecular flexibility index (Phi) is 4.32. The van der Waals surface area contributed by atoms with Gasteiger partial charge in [-0.15, -0.1) is 0 Å². The minimum absolute atomic E-state index is 0.0557. The molecule has 0 radical (unpaired) electrons. The van der Waals surface area contributed by atoms with Crippen LogP contribution in [0.25, 0.3) is 0 Å². The van der Waals surface area contributed by atoms with E-state index in [2.05, 4.69) is 20.6 Å². The molecule has 0 fully saturated rings. The van der Waals surface area contributed by atoms with Gasteiger partial charge in [-0.1, -0.05) is 6.07 Å². The van der Waals surface area contributed by atoms with Crippen LogP contribution >= 0.6 is 0 Å². The summed E-state index contributed by atoms with van der Waals surface area (Å²) >= 11 is 0. The predicted octanol–water partition coefficient (Wildman–Crippen LogP) is 1.72. The molecular formula is C16H20N4O2S. The maximum Gasteiger partial charge on any atom is 0.227 e. The van der Waals surface area contributed by atoms with Gasteiger partial charge in [0.2, 0.25) is 5.95 Å². The summed E-state index contributed by atoms with van der Waals surface area (Å²) in [5.74, 6) is 0.614. The van der Waals surface area contributed by atoms with Crippen LogP contribution in [0.4, 0.5) is 11.6 Å². The van der Waals surface area contributed by atoms with Gasteiger partial charge in [0, 0.05) is 24.7 Å². The number of benzene rings is 1. The highest BCUT2D eigenvalue weighted by Gasteiger charge is 2.12. The maximum absolute atomic E-state index is 11.4. The fourth-order valence-electron chi connectivity index (χ4n) is 2.64. The molecular weight excluding hydrogens is 312 g/mol. The van der Waals surface area contributed by atoms with E-state index in [1.807, 2.05) is 31.3 Å². The van der Waals surface area contributed by atoms with Crippen LogP contribution in [-0.4, -0.2) is 31.2 Å². The van der Waals surface area contributed by atoms with Gasteiger partial charge in [0.15, 0.2) is 9.84 Å². The minimum atomic E-state index is -3.03. The monoisotopic (exact) mass is 332 g/mol. The van der Waals surface area contributed by atoms with E-state index in [0.29, 0.717) is 5.95 Å². The Hall–Kier alpha value is -1.99. The van der Waals surface area contributed by atoms with Crippen LogP contribution in [0.1, 0.15) is 22.4 Å². The Morgan fingerprint density at radius 3 is 2.91 bits per heavy atom. The molecule has 0 atom stereocenters. The van der Waals surface area contributed by atoms with E-state index in [4.69, 9.17) is 0 Å². The zero-order valence-electron chi connectivity index (χ0n) is 13.3. The van der Waals surface area contributed by atoms with Gasteiger partial charge in [-0.25, -0.2) is 18.4 Å². The lowest BCUT2D eigenvalue weighted by Crippen LogP contribution is -2.25. The Bertz CT molecular complexity index is 834. The van der Waals surface area contributed by atoms with E-state index in [1.165, 1.54) is 11.8 Å². The number of aryl methyl sites for hydroxylation is 1. The number of rotatable bonds is 4. The Morgan fingerprint density at radius 1 is 1.35 bits per heavy atom. The highest BCUT2D eigenvalue weighted by molar-refractivity contribution is 7.89. The second-order valence-corrected chi connectivity index (χ2v) is 8.07. The quantitative estimate of drug-likeness (QED) is 0.887. The fraction of sp³-hybridized carbons (Fsp3) is 0.375. The SMILES string of the molecule is Cc1cc(Nc2ncc3c(n2)CNCC3)ccc1CS(C)(=O)=O. The van der Waals surface area contributed by atoms with E-state index in [0.717, 1.165) is 42.0 Å². The lowest BCUT2D eigenvalue weighted by Gasteiger charge is -2.16. The molecule has 0 saturated carbocycles. The van der Waals surface area contributed by atoms with Crippen LogP contribution in [0, 0.1) is 6.92 Å². The number of nitrogens with one attached hydrogen (secondary N) is 2. The van der Waals surface area contributed by atoms with Crippen LogP contribution in [-0.2, 0) is 28.6 Å². The van der Waals surface area contributed by atoms with E-state index < -0.39 is 9.84 Å². The maximum atomic E-state index is 11.4. The molecule has 0 saturated heterocycles. The molecule has 0 spiro atoms. The molecule has 0 amide bonds. The molecule has 2 N–H and O–H groups in total. The van der Waals surface area contributed by atoms with Crippen molar-refractivity contribution in [1.29, 1.82) is 0 Å². The average molecular weight is 332 g/mol. The number of nitrogens with zero attached hydrogens (tertiary/aromatic N) is 2. The van der Waals surface area contributed by atoms with Crippen LogP contribution in [0.15, 0.2) is 24.4 Å². The summed E-state index contributed by atoms with van der Waals surface area (Å²) < 4.78 is 22.8. The molecule has 1 aromatic heterocycles. The van der Waals surface area contributed by atoms with Crippen molar-refractivity contribution < 1.29 is 8.42 Å². The minimum Gasteiger partial charge on any atom is -0.324 e. The van der Waals surface area contributed by atoms with Gasteiger partial charge in [-0.3, -0.25) is 0 Å². The molecule has 0 bridgehead atoms. The topological polar surface area (TPSA) is 84.0 Å². The Labute approximate surface area is 136 Å². The van der Waals surface area contributed by atoms with Crippen molar-refractivity contribution in [2.24, 2.45) is 0 Å². The second kappa shape index (κ2) is 6.25. The van der Waals surface area contributed by atoms with Crippen LogP contribution in [0.5, 0.6) is 0 Å². The van der Waals surface area contributed by atoms with Crippen molar-refractivity contribution in [3.63, 3.8) is 0 Å². The molecule has 6 nitrogen and oxygen atoms in total. The van der Waals surface area contributed by atoms with Gasteiger partial charge in [0.25, 0.3) is 0 Å². The van der Waals surface area contributed by atoms with Gasteiger partial charge < -0.3 is 10.6 Å². The highest BCUT2D eigenvalue weighted by Crippen LogP contribution is 2.20. The zero-order valence-corrected chi connectivity index (χ0v) is 14.1. The van der Waals surface area contributed by atoms with Crippen molar-refractivity contribution in [3.05, 3.63) is 46.8 Å². The molecule has 122 valence electrons. The number of anilines is 2. The first-order chi connectivity index (χ1) is 10.9. The Morgan fingerprint density at radius 2 is 2.17 bits per heavy atom. The summed E-state index contributed by atoms with van der Waals surface area (Å²) in [6, 6.07) is 5.61. The first-order valence-electron chi connectivity index (χ1n) is 7.50. The summed E-state index contributed by atoms with van der Waals surface area (Å²) in [6.07, 6.45) is 4.07. The molecule has 2 heterocycles. The summed E-state index contributed by atoms with van der Waals surface area (Å²) in [6.45, 7) is 3.63. The van der Waals surface area contributed by atoms with Gasteiger partial charge in [0.05, 0.1) is 11.4 Å². The largest absolute Gasteiger partial charge is 0.324 e. The van der Waals surface area contributed by atoms with Gasteiger partial charge in [-0.2, -0.15) is 0 Å². The van der Waals surface area contributed by atoms with Crippen LogP contribution in [0.3, 0.4) is 0 Å². The van der Waals surface area contributed by atoms with Crippen molar-refractivity contribution in [2.75, 3.05) is 18.1 Å². The normalized spacial score (nSPS) is 14.3. The highest BCUT2D eigenvalue weighted by atomic mass is 32.2. The molecule has 23 heavy (non-hydrogen) atoms.